The molecule has 1 aromatic heterocycles. The van der Waals surface area contributed by atoms with E-state index in [1.807, 2.05) is 0 Å². The van der Waals surface area contributed by atoms with Gasteiger partial charge in [-0.3, -0.25) is 9.59 Å². The van der Waals surface area contributed by atoms with Gasteiger partial charge in [0, 0.05) is 22.7 Å². The average Bonchev–Trinajstić information content (AvgIpc) is 2.55. The number of nitrogens with zero attached hydrogens (tertiary/aromatic N) is 1. The molecule has 2 N–H and O–H groups in total. The number of hydrogen-bond acceptors (Lipinski definition) is 2. The van der Waals surface area contributed by atoms with E-state index in [4.69, 9.17) is 5.73 Å². The van der Waals surface area contributed by atoms with Crippen molar-refractivity contribution in [1.82, 2.24) is 4.57 Å². The molecular weight excluding hydrogens is 223 g/mol. The number of fused-ring (bicyclic) bond motifs is 1. The lowest BCUT2D eigenvalue weighted by Crippen LogP contribution is -2.17. The molecule has 1 heterocycles. The van der Waals surface area contributed by atoms with Gasteiger partial charge in [0.25, 0.3) is 0 Å². The quantitative estimate of drug-likeness (QED) is 0.817. The van der Waals surface area contributed by atoms with Crippen LogP contribution in [0, 0.1) is 5.82 Å². The van der Waals surface area contributed by atoms with E-state index >= 15 is 0 Å². The molecule has 1 amide bonds. The number of hydrogen-bond donors (Lipinski definition) is 1. The number of ketones is 1. The Morgan fingerprint density at radius 2 is 2.12 bits per heavy atom. The highest BCUT2D eigenvalue weighted by Gasteiger charge is 2.13. The van der Waals surface area contributed by atoms with Crippen molar-refractivity contribution < 1.29 is 14.0 Å². The molecule has 0 spiro atoms. The predicted molar refractivity (Wildman–Crippen MR) is 61.1 cm³/mol. The van der Waals surface area contributed by atoms with Gasteiger partial charge in [-0.1, -0.05) is 0 Å². The number of rotatable bonds is 3. The minimum Gasteiger partial charge on any atom is -0.368 e. The zero-order valence-corrected chi connectivity index (χ0v) is 9.24. The zero-order chi connectivity index (χ0) is 12.6. The fraction of sp³-hybridized carbons (Fsp3) is 0.167. The van der Waals surface area contributed by atoms with Gasteiger partial charge in [0.15, 0.2) is 5.78 Å². The summed E-state index contributed by atoms with van der Waals surface area (Å²) in [6, 6.07) is 4.09. The molecule has 88 valence electrons. The smallest absolute Gasteiger partial charge is 0.237 e. The van der Waals surface area contributed by atoms with Crippen LogP contribution in [0.4, 0.5) is 4.39 Å². The molecule has 4 nitrogen and oxygen atoms in total. The summed E-state index contributed by atoms with van der Waals surface area (Å²) < 4.78 is 14.7. The highest BCUT2D eigenvalue weighted by atomic mass is 19.1. The number of Topliss-reactive ketones (excluding diaryl/α,β-unsaturated/α-hetero) is 1. The first kappa shape index (κ1) is 11.3. The molecule has 0 fully saturated rings. The van der Waals surface area contributed by atoms with Crippen molar-refractivity contribution in [3.8, 4) is 0 Å². The Balaban J connectivity index is 2.70. The Bertz CT molecular complexity index is 616. The minimum absolute atomic E-state index is 0.0323. The number of benzene rings is 1. The van der Waals surface area contributed by atoms with E-state index in [9.17, 15) is 14.0 Å². The number of primary amides is 1. The summed E-state index contributed by atoms with van der Waals surface area (Å²) >= 11 is 0. The van der Waals surface area contributed by atoms with Crippen molar-refractivity contribution >= 4 is 22.6 Å². The third-order valence-corrected chi connectivity index (χ3v) is 2.55. The molecule has 1 aromatic carbocycles. The topological polar surface area (TPSA) is 65.1 Å². The molecule has 0 aliphatic carbocycles. The van der Waals surface area contributed by atoms with E-state index in [-0.39, 0.29) is 12.3 Å². The Hall–Kier alpha value is -2.17. The molecule has 17 heavy (non-hydrogen) atoms. The van der Waals surface area contributed by atoms with Gasteiger partial charge >= 0.3 is 0 Å². The van der Waals surface area contributed by atoms with Crippen molar-refractivity contribution in [3.05, 3.63) is 35.8 Å². The Kier molecular flexibility index (Phi) is 2.67. The SMILES string of the molecule is CC(=O)c1cn(CC(N)=O)c2ccc(F)cc12. The van der Waals surface area contributed by atoms with Crippen LogP contribution >= 0.6 is 0 Å². The molecule has 2 aromatic rings. The molecule has 0 saturated carbocycles. The van der Waals surface area contributed by atoms with Crippen LogP contribution < -0.4 is 5.73 Å². The van der Waals surface area contributed by atoms with E-state index in [1.165, 1.54) is 31.3 Å². The fourth-order valence-corrected chi connectivity index (χ4v) is 1.85. The van der Waals surface area contributed by atoms with Crippen LogP contribution in [-0.4, -0.2) is 16.3 Å². The Morgan fingerprint density at radius 3 is 2.71 bits per heavy atom. The molecule has 0 aliphatic rings. The van der Waals surface area contributed by atoms with Gasteiger partial charge in [-0.25, -0.2) is 4.39 Å². The van der Waals surface area contributed by atoms with E-state index in [0.717, 1.165) is 0 Å². The molecule has 0 saturated heterocycles. The minimum atomic E-state index is -0.513. The summed E-state index contributed by atoms with van der Waals surface area (Å²) in [5, 5.41) is 0.499. The predicted octanol–water partition coefficient (Wildman–Crippen LogP) is 1.47. The maximum absolute atomic E-state index is 13.1. The van der Waals surface area contributed by atoms with Gasteiger partial charge in [0.1, 0.15) is 12.4 Å². The first-order chi connectivity index (χ1) is 7.99. The fourth-order valence-electron chi connectivity index (χ4n) is 1.85. The third-order valence-electron chi connectivity index (χ3n) is 2.55. The molecule has 2 rings (SSSR count). The van der Waals surface area contributed by atoms with E-state index in [2.05, 4.69) is 0 Å². The molecule has 0 radical (unpaired) electrons. The van der Waals surface area contributed by atoms with Gasteiger partial charge in [-0.05, 0) is 25.1 Å². The average molecular weight is 234 g/mol. The highest BCUT2D eigenvalue weighted by molar-refractivity contribution is 6.07. The van der Waals surface area contributed by atoms with E-state index in [1.54, 1.807) is 4.57 Å². The summed E-state index contributed by atoms with van der Waals surface area (Å²) in [6.07, 6.45) is 1.52. The van der Waals surface area contributed by atoms with Crippen molar-refractivity contribution in [3.63, 3.8) is 0 Å². The van der Waals surface area contributed by atoms with Gasteiger partial charge in [-0.2, -0.15) is 0 Å². The van der Waals surface area contributed by atoms with Crippen LogP contribution in [0.1, 0.15) is 17.3 Å². The van der Waals surface area contributed by atoms with Crippen LogP contribution in [0.25, 0.3) is 10.9 Å². The second-order valence-electron chi connectivity index (χ2n) is 3.85. The summed E-state index contributed by atoms with van der Waals surface area (Å²) in [5.41, 5.74) is 6.12. The summed E-state index contributed by atoms with van der Waals surface area (Å²) in [7, 11) is 0. The second kappa shape index (κ2) is 4.01. The number of nitrogens with two attached hydrogens (primary N) is 1. The monoisotopic (exact) mass is 234 g/mol. The molecule has 0 aliphatic heterocycles. The van der Waals surface area contributed by atoms with E-state index < -0.39 is 11.7 Å². The maximum Gasteiger partial charge on any atom is 0.237 e. The lowest BCUT2D eigenvalue weighted by Gasteiger charge is -2.00. The molecule has 0 atom stereocenters. The van der Waals surface area contributed by atoms with Gasteiger partial charge in [-0.15, -0.1) is 0 Å². The van der Waals surface area contributed by atoms with Crippen LogP contribution in [0.2, 0.25) is 0 Å². The summed E-state index contributed by atoms with van der Waals surface area (Å²) in [6.45, 7) is 1.36. The number of halogens is 1. The van der Waals surface area contributed by atoms with Crippen LogP contribution in [0.3, 0.4) is 0 Å². The highest BCUT2D eigenvalue weighted by Crippen LogP contribution is 2.22. The van der Waals surface area contributed by atoms with Crippen LogP contribution in [0.15, 0.2) is 24.4 Å². The molecule has 5 heteroatoms. The second-order valence-corrected chi connectivity index (χ2v) is 3.85. The summed E-state index contributed by atoms with van der Waals surface area (Å²) in [5.74, 6) is -1.11. The number of carbonyl (C=O) groups is 2. The van der Waals surface area contributed by atoms with Gasteiger partial charge in [0.2, 0.25) is 5.91 Å². The van der Waals surface area contributed by atoms with E-state index in [0.29, 0.717) is 16.5 Å². The van der Waals surface area contributed by atoms with Crippen molar-refractivity contribution in [2.45, 2.75) is 13.5 Å². The van der Waals surface area contributed by atoms with Gasteiger partial charge < -0.3 is 10.3 Å². The first-order valence-corrected chi connectivity index (χ1v) is 5.06. The normalized spacial score (nSPS) is 10.7. The third kappa shape index (κ3) is 2.04. The van der Waals surface area contributed by atoms with Crippen molar-refractivity contribution in [2.75, 3.05) is 0 Å². The maximum atomic E-state index is 13.1. The zero-order valence-electron chi connectivity index (χ0n) is 9.24. The van der Waals surface area contributed by atoms with Crippen molar-refractivity contribution in [1.29, 1.82) is 0 Å². The Labute approximate surface area is 96.8 Å². The summed E-state index contributed by atoms with van der Waals surface area (Å²) in [4.78, 5) is 22.3. The van der Waals surface area contributed by atoms with Crippen LogP contribution in [0.5, 0.6) is 0 Å². The molecular formula is C12H11FN2O2. The Morgan fingerprint density at radius 1 is 1.41 bits per heavy atom. The number of carbonyl (C=O) groups excluding carboxylic acids is 2. The molecule has 0 unspecified atom stereocenters. The number of amides is 1. The lowest BCUT2D eigenvalue weighted by molar-refractivity contribution is -0.118. The largest absolute Gasteiger partial charge is 0.368 e. The lowest BCUT2D eigenvalue weighted by atomic mass is 10.1. The van der Waals surface area contributed by atoms with Crippen LogP contribution in [-0.2, 0) is 11.3 Å². The van der Waals surface area contributed by atoms with Crippen molar-refractivity contribution in [2.24, 2.45) is 5.73 Å². The standard InChI is InChI=1S/C12H11FN2O2/c1-7(16)10-5-15(6-12(14)17)11-3-2-8(13)4-9(10)11/h2-5H,6H2,1H3,(H2,14,17). The molecule has 0 bridgehead atoms. The first-order valence-electron chi connectivity index (χ1n) is 5.06. The van der Waals surface area contributed by atoms with Gasteiger partial charge in [0.05, 0.1) is 0 Å². The number of aromatic nitrogens is 1.